The van der Waals surface area contributed by atoms with E-state index in [4.69, 9.17) is 16.3 Å². The van der Waals surface area contributed by atoms with E-state index in [0.29, 0.717) is 5.88 Å². The van der Waals surface area contributed by atoms with E-state index < -0.39 is 0 Å². The van der Waals surface area contributed by atoms with Crippen LogP contribution in [-0.2, 0) is 6.54 Å². The summed E-state index contributed by atoms with van der Waals surface area (Å²) in [7, 11) is 3.74. The van der Waals surface area contributed by atoms with Gasteiger partial charge in [-0.1, -0.05) is 24.8 Å². The van der Waals surface area contributed by atoms with Gasteiger partial charge in [0.15, 0.2) is 0 Å². The minimum absolute atomic E-state index is 0.510. The van der Waals surface area contributed by atoms with Crippen molar-refractivity contribution in [1.29, 1.82) is 0 Å². The molecule has 0 spiro atoms. The van der Waals surface area contributed by atoms with E-state index in [-0.39, 0.29) is 0 Å². The highest BCUT2D eigenvalue weighted by molar-refractivity contribution is 6.19. The summed E-state index contributed by atoms with van der Waals surface area (Å²) in [6.45, 7) is 5.53. The van der Waals surface area contributed by atoms with Crippen molar-refractivity contribution in [2.45, 2.75) is 6.54 Å². The zero-order valence-electron chi connectivity index (χ0n) is 9.87. The Morgan fingerprint density at radius 1 is 1.44 bits per heavy atom. The quantitative estimate of drug-likeness (QED) is 0.559. The third-order valence-corrected chi connectivity index (χ3v) is 2.69. The number of ether oxygens (including phenoxy) is 1. The molecule has 0 saturated heterocycles. The van der Waals surface area contributed by atoms with E-state index in [1.807, 2.05) is 25.2 Å². The van der Waals surface area contributed by atoms with E-state index >= 15 is 0 Å². The van der Waals surface area contributed by atoms with Crippen molar-refractivity contribution in [3.8, 4) is 5.75 Å². The highest BCUT2D eigenvalue weighted by Gasteiger charge is 2.06. The second-order valence-corrected chi connectivity index (χ2v) is 4.14. The van der Waals surface area contributed by atoms with Crippen LogP contribution in [0.3, 0.4) is 0 Å². The summed E-state index contributed by atoms with van der Waals surface area (Å²) in [6.07, 6.45) is 0. The summed E-state index contributed by atoms with van der Waals surface area (Å²) in [5, 5.41) is 0. The normalized spacial score (nSPS) is 10.5. The van der Waals surface area contributed by atoms with Crippen LogP contribution in [0.25, 0.3) is 0 Å². The Kier molecular flexibility index (Phi) is 5.36. The van der Waals surface area contributed by atoms with Gasteiger partial charge in [-0.3, -0.25) is 4.90 Å². The van der Waals surface area contributed by atoms with Gasteiger partial charge in [-0.25, -0.2) is 0 Å². The van der Waals surface area contributed by atoms with E-state index in [0.717, 1.165) is 24.4 Å². The number of halogens is 1. The van der Waals surface area contributed by atoms with Crippen LogP contribution in [0, 0.1) is 0 Å². The van der Waals surface area contributed by atoms with Crippen LogP contribution >= 0.6 is 11.6 Å². The largest absolute Gasteiger partial charge is 0.496 e. The fourth-order valence-electron chi connectivity index (χ4n) is 1.60. The summed E-state index contributed by atoms with van der Waals surface area (Å²) >= 11 is 5.71. The molecule has 0 bridgehead atoms. The molecule has 1 rings (SSSR count). The van der Waals surface area contributed by atoms with Crippen LogP contribution < -0.4 is 4.74 Å². The molecule has 1 aromatic rings. The maximum atomic E-state index is 5.71. The minimum atomic E-state index is 0.510. The zero-order valence-corrected chi connectivity index (χ0v) is 10.6. The molecule has 1 aromatic carbocycles. The molecule has 0 aromatic heterocycles. The van der Waals surface area contributed by atoms with Gasteiger partial charge < -0.3 is 4.74 Å². The van der Waals surface area contributed by atoms with Crippen molar-refractivity contribution < 1.29 is 4.74 Å². The van der Waals surface area contributed by atoms with E-state index in [2.05, 4.69) is 17.5 Å². The lowest BCUT2D eigenvalue weighted by Gasteiger charge is -2.18. The summed E-state index contributed by atoms with van der Waals surface area (Å²) in [5.41, 5.74) is 2.20. The van der Waals surface area contributed by atoms with Crippen molar-refractivity contribution >= 4 is 11.6 Å². The summed E-state index contributed by atoms with van der Waals surface area (Å²) in [5.74, 6) is 1.43. The average Bonchev–Trinajstić information content (AvgIpc) is 2.29. The molecule has 88 valence electrons. The number of rotatable bonds is 6. The van der Waals surface area contributed by atoms with Gasteiger partial charge in [0.05, 0.1) is 7.11 Å². The lowest BCUT2D eigenvalue weighted by atomic mass is 10.2. The zero-order chi connectivity index (χ0) is 12.0. The SMILES string of the molecule is C=C(CCl)CN(C)Cc1ccccc1OC. The summed E-state index contributed by atoms with van der Waals surface area (Å²) in [6, 6.07) is 8.03. The van der Waals surface area contributed by atoms with Crippen LogP contribution in [-0.4, -0.2) is 31.5 Å². The summed E-state index contributed by atoms with van der Waals surface area (Å²) in [4.78, 5) is 2.17. The highest BCUT2D eigenvalue weighted by atomic mass is 35.5. The molecule has 0 heterocycles. The van der Waals surface area contributed by atoms with Crippen molar-refractivity contribution in [1.82, 2.24) is 4.90 Å². The third kappa shape index (κ3) is 3.87. The van der Waals surface area contributed by atoms with Gasteiger partial charge in [0.25, 0.3) is 0 Å². The van der Waals surface area contributed by atoms with Gasteiger partial charge in [0.2, 0.25) is 0 Å². The van der Waals surface area contributed by atoms with Crippen LogP contribution in [0.5, 0.6) is 5.75 Å². The average molecular weight is 240 g/mol. The van der Waals surface area contributed by atoms with Gasteiger partial charge in [0.1, 0.15) is 5.75 Å². The van der Waals surface area contributed by atoms with Crippen molar-refractivity contribution in [2.24, 2.45) is 0 Å². The standard InChI is InChI=1S/C13H18ClNO/c1-11(8-14)9-15(2)10-12-6-4-5-7-13(12)16-3/h4-7H,1,8-10H2,2-3H3. The number of para-hydroxylation sites is 1. The molecule has 0 N–H and O–H groups in total. The van der Waals surface area contributed by atoms with E-state index in [1.54, 1.807) is 7.11 Å². The molecule has 16 heavy (non-hydrogen) atoms. The van der Waals surface area contributed by atoms with Gasteiger partial charge in [-0.15, -0.1) is 11.6 Å². The summed E-state index contributed by atoms with van der Waals surface area (Å²) < 4.78 is 5.30. The molecule has 2 nitrogen and oxygen atoms in total. The van der Waals surface area contributed by atoms with Crippen LogP contribution in [0.1, 0.15) is 5.56 Å². The lowest BCUT2D eigenvalue weighted by Crippen LogP contribution is -2.21. The van der Waals surface area contributed by atoms with Gasteiger partial charge in [-0.05, 0) is 18.7 Å². The number of nitrogens with zero attached hydrogens (tertiary/aromatic N) is 1. The Bertz CT molecular complexity index is 352. The molecule has 0 atom stereocenters. The van der Waals surface area contributed by atoms with Gasteiger partial charge in [0, 0.05) is 24.5 Å². The predicted molar refractivity (Wildman–Crippen MR) is 69.2 cm³/mol. The first-order valence-corrected chi connectivity index (χ1v) is 5.74. The molecular weight excluding hydrogens is 222 g/mol. The highest BCUT2D eigenvalue weighted by Crippen LogP contribution is 2.18. The molecule has 0 radical (unpaired) electrons. The van der Waals surface area contributed by atoms with Gasteiger partial charge in [-0.2, -0.15) is 0 Å². The Morgan fingerprint density at radius 3 is 2.75 bits per heavy atom. The van der Waals surface area contributed by atoms with Crippen molar-refractivity contribution in [3.63, 3.8) is 0 Å². The van der Waals surface area contributed by atoms with Crippen molar-refractivity contribution in [2.75, 3.05) is 26.6 Å². The van der Waals surface area contributed by atoms with Crippen LogP contribution in [0.15, 0.2) is 36.4 Å². The number of hydrogen-bond donors (Lipinski definition) is 0. The third-order valence-electron chi connectivity index (χ3n) is 2.32. The second-order valence-electron chi connectivity index (χ2n) is 3.87. The van der Waals surface area contributed by atoms with Crippen molar-refractivity contribution in [3.05, 3.63) is 42.0 Å². The number of benzene rings is 1. The number of hydrogen-bond acceptors (Lipinski definition) is 2. The molecular formula is C13H18ClNO. The Morgan fingerprint density at radius 2 is 2.12 bits per heavy atom. The fourth-order valence-corrected chi connectivity index (χ4v) is 1.69. The molecule has 3 heteroatoms. The molecule has 0 unspecified atom stereocenters. The van der Waals surface area contributed by atoms with Gasteiger partial charge >= 0.3 is 0 Å². The molecule has 0 saturated carbocycles. The second kappa shape index (κ2) is 6.56. The first-order valence-electron chi connectivity index (χ1n) is 5.20. The molecule has 0 aliphatic rings. The van der Waals surface area contributed by atoms with E-state index in [1.165, 1.54) is 5.56 Å². The Hall–Kier alpha value is -0.990. The number of alkyl halides is 1. The monoisotopic (exact) mass is 239 g/mol. The fraction of sp³-hybridized carbons (Fsp3) is 0.385. The Labute approximate surface area is 102 Å². The maximum absolute atomic E-state index is 5.71. The first-order chi connectivity index (χ1) is 7.67. The first kappa shape index (κ1) is 13.1. The van der Waals surface area contributed by atoms with E-state index in [9.17, 15) is 0 Å². The topological polar surface area (TPSA) is 12.5 Å². The predicted octanol–water partition coefficient (Wildman–Crippen LogP) is 2.92. The molecule has 0 aliphatic carbocycles. The van der Waals surface area contributed by atoms with Crippen LogP contribution in [0.4, 0.5) is 0 Å². The van der Waals surface area contributed by atoms with Crippen LogP contribution in [0.2, 0.25) is 0 Å². The molecule has 0 aliphatic heterocycles. The molecule has 0 fully saturated rings. The maximum Gasteiger partial charge on any atom is 0.123 e. The smallest absolute Gasteiger partial charge is 0.123 e. The number of methoxy groups -OCH3 is 1. The Balaban J connectivity index is 2.61. The molecule has 0 amide bonds. The minimum Gasteiger partial charge on any atom is -0.496 e. The number of likely N-dealkylation sites (N-methyl/N-ethyl adjacent to an activating group) is 1. The lowest BCUT2D eigenvalue weighted by molar-refractivity contribution is 0.341.